The van der Waals surface area contributed by atoms with Crippen molar-refractivity contribution in [3.63, 3.8) is 0 Å². The summed E-state index contributed by atoms with van der Waals surface area (Å²) < 4.78 is 0. The monoisotopic (exact) mass is 458 g/mol. The van der Waals surface area contributed by atoms with Gasteiger partial charge < -0.3 is 5.73 Å². The normalized spacial score (nSPS) is 21.3. The van der Waals surface area contributed by atoms with Crippen LogP contribution in [0.2, 0.25) is 0 Å². The molecule has 0 aromatic rings. The molecule has 9 N–H and O–H groups in total. The van der Waals surface area contributed by atoms with E-state index in [0.29, 0.717) is 28.9 Å². The number of isocyanates is 1. The topological polar surface area (TPSA) is 169 Å². The summed E-state index contributed by atoms with van der Waals surface area (Å²) >= 11 is 7.58. The number of hydrogen-bond acceptors (Lipinski definition) is 12. The van der Waals surface area contributed by atoms with Crippen LogP contribution in [0.1, 0.15) is 13.3 Å². The first kappa shape index (κ1) is 27.0. The number of rotatable bonds is 12. The Labute approximate surface area is 177 Å². The molecule has 1 aliphatic rings. The molecule has 4 atom stereocenters. The minimum absolute atomic E-state index is 0.190. The third-order valence-corrected chi connectivity index (χ3v) is 10.1. The Hall–Kier alpha value is 0.0500. The number of carbonyl (C=O) groups excluding carboxylic acids is 2. The van der Waals surface area contributed by atoms with Crippen LogP contribution in [0, 0.1) is 5.41 Å². The minimum Gasteiger partial charge on any atom is -0.329 e. The SMILES string of the molecule is CCC(CONN)SCC1CSC(CSC(CN)C(=O)NN)CS1.N=C=O. The van der Waals surface area contributed by atoms with Crippen molar-refractivity contribution in [2.24, 2.45) is 17.4 Å². The highest BCUT2D eigenvalue weighted by molar-refractivity contribution is 8.09. The van der Waals surface area contributed by atoms with Gasteiger partial charge in [0, 0.05) is 45.3 Å². The van der Waals surface area contributed by atoms with Gasteiger partial charge in [-0.05, 0) is 6.42 Å². The average Bonchev–Trinajstić information content (AvgIpc) is 2.70. The van der Waals surface area contributed by atoms with Crippen LogP contribution in [-0.2, 0) is 14.4 Å². The maximum Gasteiger partial charge on any atom is 0.248 e. The van der Waals surface area contributed by atoms with Crippen LogP contribution in [-0.4, -0.2) is 69.1 Å². The van der Waals surface area contributed by atoms with Crippen molar-refractivity contribution < 1.29 is 14.4 Å². The van der Waals surface area contributed by atoms with Crippen LogP contribution in [0.15, 0.2) is 0 Å². The highest BCUT2D eigenvalue weighted by atomic mass is 32.2. The molecule has 1 fully saturated rings. The summed E-state index contributed by atoms with van der Waals surface area (Å²) in [5.74, 6) is 14.4. The molecule has 158 valence electrons. The van der Waals surface area contributed by atoms with E-state index in [2.05, 4.69) is 17.9 Å². The zero-order valence-electron chi connectivity index (χ0n) is 15.3. The van der Waals surface area contributed by atoms with Crippen molar-refractivity contribution in [2.45, 2.75) is 34.3 Å². The van der Waals surface area contributed by atoms with Gasteiger partial charge in [-0.15, -0.1) is 17.4 Å². The summed E-state index contributed by atoms with van der Waals surface area (Å²) in [4.78, 5) is 25.0. The number of amides is 1. The Kier molecular flexibility index (Phi) is 18.1. The van der Waals surface area contributed by atoms with Gasteiger partial charge in [-0.2, -0.15) is 35.3 Å². The molecule has 0 spiro atoms. The number of thioether (sulfide) groups is 4. The lowest BCUT2D eigenvalue weighted by Crippen LogP contribution is -2.41. The molecular weight excluding hydrogens is 428 g/mol. The molecule has 0 radical (unpaired) electrons. The summed E-state index contributed by atoms with van der Waals surface area (Å²) in [5, 5.41) is 6.85. The number of nitrogens with one attached hydrogen (secondary N) is 3. The van der Waals surface area contributed by atoms with E-state index in [0.717, 1.165) is 35.5 Å². The zero-order valence-corrected chi connectivity index (χ0v) is 18.6. The summed E-state index contributed by atoms with van der Waals surface area (Å²) in [6.45, 7) is 3.11. The largest absolute Gasteiger partial charge is 0.329 e. The Morgan fingerprint density at radius 3 is 2.26 bits per heavy atom. The molecule has 1 amide bonds. The molecular formula is C14H30N6O3S4. The molecule has 0 aromatic carbocycles. The zero-order chi connectivity index (χ0) is 20.5. The quantitative estimate of drug-likeness (QED) is 0.0768. The van der Waals surface area contributed by atoms with Gasteiger partial charge in [-0.1, -0.05) is 6.92 Å². The lowest BCUT2D eigenvalue weighted by atomic mass is 10.3. The van der Waals surface area contributed by atoms with Gasteiger partial charge in [0.1, 0.15) is 0 Å². The van der Waals surface area contributed by atoms with E-state index in [9.17, 15) is 4.79 Å². The number of carbonyl (C=O) groups is 1. The van der Waals surface area contributed by atoms with Crippen molar-refractivity contribution in [3.05, 3.63) is 0 Å². The Morgan fingerprint density at radius 1 is 1.30 bits per heavy atom. The van der Waals surface area contributed by atoms with Crippen LogP contribution in [0.4, 0.5) is 0 Å². The van der Waals surface area contributed by atoms with Crippen molar-refractivity contribution in [3.8, 4) is 0 Å². The first-order valence-electron chi connectivity index (χ1n) is 8.34. The summed E-state index contributed by atoms with van der Waals surface area (Å²) in [6, 6.07) is 0. The Balaban J connectivity index is 0.00000210. The Bertz CT molecular complexity index is 424. The number of nitrogens with two attached hydrogens (primary N) is 3. The van der Waals surface area contributed by atoms with Crippen LogP contribution >= 0.6 is 47.0 Å². The van der Waals surface area contributed by atoms with E-state index in [-0.39, 0.29) is 11.2 Å². The molecule has 1 aliphatic heterocycles. The highest BCUT2D eigenvalue weighted by Gasteiger charge is 2.25. The van der Waals surface area contributed by atoms with Crippen molar-refractivity contribution >= 4 is 59.0 Å². The van der Waals surface area contributed by atoms with Gasteiger partial charge in [-0.3, -0.25) is 15.1 Å². The molecule has 9 nitrogen and oxygen atoms in total. The number of hydrazine groups is 2. The van der Waals surface area contributed by atoms with Crippen molar-refractivity contribution in [1.82, 2.24) is 11.0 Å². The standard InChI is InChI=1S/C13H29N5O2S4.CHNO/c1-2-9(4-20-18-16)21-5-10-6-23-11(7-22-10)8-24-12(3-14)13(19)17-15;2-1-3/h9-12,18H,2-8,14-16H2,1H3,(H,17,19);2H. The van der Waals surface area contributed by atoms with Crippen LogP contribution in [0.25, 0.3) is 0 Å². The lowest BCUT2D eigenvalue weighted by molar-refractivity contribution is -0.120. The van der Waals surface area contributed by atoms with Gasteiger partial charge in [0.05, 0.1) is 11.9 Å². The molecule has 13 heteroatoms. The van der Waals surface area contributed by atoms with Gasteiger partial charge >= 0.3 is 0 Å². The summed E-state index contributed by atoms with van der Waals surface area (Å²) in [5.41, 5.74) is 10.1. The minimum atomic E-state index is -0.254. The molecule has 0 aromatic heterocycles. The molecule has 0 saturated carbocycles. The summed E-state index contributed by atoms with van der Waals surface area (Å²) in [7, 11) is 0. The van der Waals surface area contributed by atoms with Crippen molar-refractivity contribution in [1.29, 1.82) is 5.41 Å². The maximum absolute atomic E-state index is 11.5. The van der Waals surface area contributed by atoms with Gasteiger partial charge in [0.25, 0.3) is 0 Å². The van der Waals surface area contributed by atoms with Gasteiger partial charge in [0.15, 0.2) is 0 Å². The first-order chi connectivity index (χ1) is 13.1. The molecule has 1 heterocycles. The van der Waals surface area contributed by atoms with Gasteiger partial charge in [0.2, 0.25) is 12.0 Å². The second-order valence-electron chi connectivity index (χ2n) is 5.37. The second kappa shape index (κ2) is 18.1. The lowest BCUT2D eigenvalue weighted by Gasteiger charge is -2.29. The second-order valence-corrected chi connectivity index (χ2v) is 10.6. The molecule has 1 saturated heterocycles. The van der Waals surface area contributed by atoms with Crippen LogP contribution in [0.5, 0.6) is 0 Å². The predicted molar refractivity (Wildman–Crippen MR) is 118 cm³/mol. The van der Waals surface area contributed by atoms with Gasteiger partial charge in [-0.25, -0.2) is 21.9 Å². The molecule has 4 unspecified atom stereocenters. The highest BCUT2D eigenvalue weighted by Crippen LogP contribution is 2.34. The fourth-order valence-electron chi connectivity index (χ4n) is 2.01. The average molecular weight is 459 g/mol. The smallest absolute Gasteiger partial charge is 0.248 e. The maximum atomic E-state index is 11.5. The van der Waals surface area contributed by atoms with E-state index in [1.54, 1.807) is 11.8 Å². The fourth-order valence-corrected chi connectivity index (χ4v) is 7.93. The molecule has 0 bridgehead atoms. The van der Waals surface area contributed by atoms with E-state index in [1.165, 1.54) is 0 Å². The van der Waals surface area contributed by atoms with Crippen LogP contribution in [0.3, 0.4) is 0 Å². The van der Waals surface area contributed by atoms with E-state index < -0.39 is 0 Å². The van der Waals surface area contributed by atoms with Crippen LogP contribution < -0.4 is 28.4 Å². The molecule has 1 rings (SSSR count). The van der Waals surface area contributed by atoms with E-state index >= 15 is 0 Å². The number of hydrogen-bond donors (Lipinski definition) is 6. The van der Waals surface area contributed by atoms with E-state index in [4.69, 9.17) is 32.5 Å². The molecule has 0 aliphatic carbocycles. The predicted octanol–water partition coefficient (Wildman–Crippen LogP) is 0.0617. The first-order valence-corrected chi connectivity index (χ1v) is 12.5. The molecule has 27 heavy (non-hydrogen) atoms. The van der Waals surface area contributed by atoms with E-state index in [1.807, 2.05) is 35.3 Å². The fraction of sp³-hybridized carbons (Fsp3) is 0.857. The third kappa shape index (κ3) is 13.0. The third-order valence-electron chi connectivity index (χ3n) is 3.49. The summed E-state index contributed by atoms with van der Waals surface area (Å²) in [6.07, 6.45) is 1.82. The van der Waals surface area contributed by atoms with Crippen molar-refractivity contribution in [2.75, 3.05) is 36.2 Å². The Morgan fingerprint density at radius 2 is 1.85 bits per heavy atom.